The third-order valence-corrected chi connectivity index (χ3v) is 5.48. The van der Waals surface area contributed by atoms with E-state index in [1.54, 1.807) is 6.20 Å². The van der Waals surface area contributed by atoms with Crippen LogP contribution in [0.15, 0.2) is 72.9 Å². The molecule has 0 aliphatic carbocycles. The maximum atomic E-state index is 6.41. The van der Waals surface area contributed by atoms with Crippen LogP contribution in [0, 0.1) is 6.92 Å². The van der Waals surface area contributed by atoms with Crippen LogP contribution in [0.2, 0.25) is 5.02 Å². The molecule has 0 aliphatic heterocycles. The van der Waals surface area contributed by atoms with E-state index in [4.69, 9.17) is 16.3 Å². The molecule has 2 aromatic carbocycles. The molecule has 0 spiro atoms. The Kier molecular flexibility index (Phi) is 6.13. The Balaban J connectivity index is 1.48. The first-order chi connectivity index (χ1) is 14.2. The molecular weight excluding hydrogens is 382 g/mol. The second-order valence-corrected chi connectivity index (χ2v) is 7.36. The summed E-state index contributed by atoms with van der Waals surface area (Å²) in [6.45, 7) is 5.05. The van der Waals surface area contributed by atoms with E-state index in [2.05, 4.69) is 52.1 Å². The highest BCUT2D eigenvalue weighted by Crippen LogP contribution is 2.28. The van der Waals surface area contributed by atoms with Crippen LogP contribution < -0.4 is 10.1 Å². The summed E-state index contributed by atoms with van der Waals surface area (Å²) in [4.78, 5) is 4.18. The predicted octanol–water partition coefficient (Wildman–Crippen LogP) is 5.22. The molecule has 1 N–H and O–H groups in total. The van der Waals surface area contributed by atoms with Gasteiger partial charge >= 0.3 is 0 Å². The molecule has 2 aromatic heterocycles. The van der Waals surface area contributed by atoms with E-state index < -0.39 is 0 Å². The van der Waals surface area contributed by atoms with Gasteiger partial charge in [0.15, 0.2) is 0 Å². The highest BCUT2D eigenvalue weighted by molar-refractivity contribution is 6.31. The van der Waals surface area contributed by atoms with Gasteiger partial charge in [-0.15, -0.1) is 0 Å². The maximum absolute atomic E-state index is 6.41. The Morgan fingerprint density at radius 1 is 1.00 bits per heavy atom. The van der Waals surface area contributed by atoms with Gasteiger partial charge in [-0.25, -0.2) is 4.98 Å². The van der Waals surface area contributed by atoms with Crippen LogP contribution >= 0.6 is 11.6 Å². The SMILES string of the molecule is Cc1c(CNCCOc2ccccn2)c2ccccc2n1Cc1ccccc1Cl. The molecule has 4 rings (SSSR count). The third kappa shape index (κ3) is 4.44. The number of para-hydroxylation sites is 1. The second kappa shape index (κ2) is 9.12. The molecule has 0 aliphatic rings. The summed E-state index contributed by atoms with van der Waals surface area (Å²) in [6, 6.07) is 22.2. The standard InChI is InChI=1S/C24H24ClN3O/c1-18-21(16-26-14-15-29-24-12-6-7-13-27-24)20-9-3-5-11-23(20)28(18)17-19-8-2-4-10-22(19)25/h2-13,26H,14-17H2,1H3. The Morgan fingerprint density at radius 2 is 1.79 bits per heavy atom. The lowest BCUT2D eigenvalue weighted by Crippen LogP contribution is -2.21. The van der Waals surface area contributed by atoms with Crippen molar-refractivity contribution in [2.75, 3.05) is 13.2 Å². The molecule has 4 nitrogen and oxygen atoms in total. The highest BCUT2D eigenvalue weighted by Gasteiger charge is 2.14. The summed E-state index contributed by atoms with van der Waals surface area (Å²) in [6.07, 6.45) is 1.74. The first kappa shape index (κ1) is 19.5. The monoisotopic (exact) mass is 405 g/mol. The number of ether oxygens (including phenoxy) is 1. The lowest BCUT2D eigenvalue weighted by Gasteiger charge is -2.11. The zero-order valence-electron chi connectivity index (χ0n) is 16.4. The minimum Gasteiger partial charge on any atom is -0.476 e. The minimum atomic E-state index is 0.578. The van der Waals surface area contributed by atoms with Crippen molar-refractivity contribution in [1.82, 2.24) is 14.9 Å². The fourth-order valence-electron chi connectivity index (χ4n) is 3.60. The molecule has 148 valence electrons. The van der Waals surface area contributed by atoms with Crippen molar-refractivity contribution in [3.05, 3.63) is 94.8 Å². The maximum Gasteiger partial charge on any atom is 0.213 e. The van der Waals surface area contributed by atoms with Crippen LogP contribution in [0.4, 0.5) is 0 Å². The van der Waals surface area contributed by atoms with E-state index in [0.717, 1.165) is 30.2 Å². The van der Waals surface area contributed by atoms with Crippen LogP contribution in [-0.2, 0) is 13.1 Å². The number of nitrogens with one attached hydrogen (secondary N) is 1. The summed E-state index contributed by atoms with van der Waals surface area (Å²) in [5.74, 6) is 0.654. The first-order valence-electron chi connectivity index (χ1n) is 9.78. The van der Waals surface area contributed by atoms with Gasteiger partial charge < -0.3 is 14.6 Å². The van der Waals surface area contributed by atoms with E-state index in [1.807, 2.05) is 36.4 Å². The molecule has 4 aromatic rings. The average Bonchev–Trinajstić information content (AvgIpc) is 3.02. The normalized spacial score (nSPS) is 11.1. The zero-order chi connectivity index (χ0) is 20.1. The van der Waals surface area contributed by atoms with Crippen molar-refractivity contribution in [1.29, 1.82) is 0 Å². The van der Waals surface area contributed by atoms with E-state index in [1.165, 1.54) is 22.2 Å². The molecular formula is C24H24ClN3O. The summed E-state index contributed by atoms with van der Waals surface area (Å²) in [5, 5.41) is 5.58. The van der Waals surface area contributed by atoms with Crippen LogP contribution in [0.5, 0.6) is 5.88 Å². The number of benzene rings is 2. The fraction of sp³-hybridized carbons (Fsp3) is 0.208. The summed E-state index contributed by atoms with van der Waals surface area (Å²) < 4.78 is 8.01. The summed E-state index contributed by atoms with van der Waals surface area (Å²) in [7, 11) is 0. The van der Waals surface area contributed by atoms with Crippen molar-refractivity contribution in [2.24, 2.45) is 0 Å². The first-order valence-corrected chi connectivity index (χ1v) is 10.2. The molecule has 0 radical (unpaired) electrons. The minimum absolute atomic E-state index is 0.578. The van der Waals surface area contributed by atoms with Crippen molar-refractivity contribution >= 4 is 22.5 Å². The molecule has 2 heterocycles. The van der Waals surface area contributed by atoms with Gasteiger partial charge in [0, 0.05) is 53.5 Å². The molecule has 0 amide bonds. The molecule has 0 atom stereocenters. The zero-order valence-corrected chi connectivity index (χ0v) is 17.2. The lowest BCUT2D eigenvalue weighted by atomic mass is 10.1. The van der Waals surface area contributed by atoms with Crippen LogP contribution in [0.1, 0.15) is 16.8 Å². The van der Waals surface area contributed by atoms with Crippen LogP contribution in [0.3, 0.4) is 0 Å². The highest BCUT2D eigenvalue weighted by atomic mass is 35.5. The number of pyridine rings is 1. The Morgan fingerprint density at radius 3 is 2.62 bits per heavy atom. The number of nitrogens with zero attached hydrogens (tertiary/aromatic N) is 2. The molecule has 5 heteroatoms. The van der Waals surface area contributed by atoms with E-state index >= 15 is 0 Å². The number of aromatic nitrogens is 2. The van der Waals surface area contributed by atoms with Gasteiger partial charge in [0.2, 0.25) is 5.88 Å². The lowest BCUT2D eigenvalue weighted by molar-refractivity contribution is 0.302. The van der Waals surface area contributed by atoms with Gasteiger partial charge in [-0.1, -0.05) is 54.1 Å². The van der Waals surface area contributed by atoms with Crippen LogP contribution in [0.25, 0.3) is 10.9 Å². The Hall–Kier alpha value is -2.82. The second-order valence-electron chi connectivity index (χ2n) is 6.95. The van der Waals surface area contributed by atoms with E-state index in [-0.39, 0.29) is 0 Å². The van der Waals surface area contributed by atoms with Crippen LogP contribution in [-0.4, -0.2) is 22.7 Å². The molecule has 0 unspecified atom stereocenters. The largest absolute Gasteiger partial charge is 0.476 e. The van der Waals surface area contributed by atoms with E-state index in [0.29, 0.717) is 12.5 Å². The summed E-state index contributed by atoms with van der Waals surface area (Å²) in [5.41, 5.74) is 4.92. The van der Waals surface area contributed by atoms with Crippen molar-refractivity contribution < 1.29 is 4.74 Å². The molecule has 0 saturated heterocycles. The third-order valence-electron chi connectivity index (χ3n) is 5.12. The number of halogens is 1. The molecule has 0 bridgehead atoms. The van der Waals surface area contributed by atoms with Crippen molar-refractivity contribution in [3.8, 4) is 5.88 Å². The van der Waals surface area contributed by atoms with Gasteiger partial charge in [-0.05, 0) is 36.2 Å². The van der Waals surface area contributed by atoms with Gasteiger partial charge in [0.25, 0.3) is 0 Å². The Bertz CT molecular complexity index is 1090. The fourth-order valence-corrected chi connectivity index (χ4v) is 3.80. The van der Waals surface area contributed by atoms with Crippen molar-refractivity contribution in [3.63, 3.8) is 0 Å². The van der Waals surface area contributed by atoms with Crippen molar-refractivity contribution in [2.45, 2.75) is 20.0 Å². The quantitative estimate of drug-likeness (QED) is 0.409. The number of rotatable bonds is 8. The topological polar surface area (TPSA) is 39.1 Å². The molecule has 29 heavy (non-hydrogen) atoms. The van der Waals surface area contributed by atoms with Gasteiger partial charge in [0.1, 0.15) is 6.61 Å². The van der Waals surface area contributed by atoms with Gasteiger partial charge in [-0.2, -0.15) is 0 Å². The predicted molar refractivity (Wildman–Crippen MR) is 119 cm³/mol. The molecule has 0 saturated carbocycles. The smallest absolute Gasteiger partial charge is 0.213 e. The number of hydrogen-bond donors (Lipinski definition) is 1. The van der Waals surface area contributed by atoms with Gasteiger partial charge in [-0.3, -0.25) is 0 Å². The number of fused-ring (bicyclic) bond motifs is 1. The Labute approximate surface area is 176 Å². The van der Waals surface area contributed by atoms with E-state index in [9.17, 15) is 0 Å². The molecule has 0 fully saturated rings. The summed E-state index contributed by atoms with van der Waals surface area (Å²) >= 11 is 6.41. The van der Waals surface area contributed by atoms with Gasteiger partial charge in [0.05, 0.1) is 0 Å². The average molecular weight is 406 g/mol. The number of hydrogen-bond acceptors (Lipinski definition) is 3.